The zero-order valence-corrected chi connectivity index (χ0v) is 9.08. The highest BCUT2D eigenvalue weighted by atomic mass is 79.9. The molecule has 0 amide bonds. The first kappa shape index (κ1) is 11.0. The molecule has 0 radical (unpaired) electrons. The summed E-state index contributed by atoms with van der Waals surface area (Å²) in [6, 6.07) is 7.87. The van der Waals surface area contributed by atoms with Crippen molar-refractivity contribution >= 4 is 27.9 Å². The third-order valence-corrected chi connectivity index (χ3v) is 1.95. The maximum atomic E-state index is 5.31. The summed E-state index contributed by atoms with van der Waals surface area (Å²) in [5, 5.41) is 5.31. The standard InChI is InChI=1S/C6H6BrNS.C2H6/c7-5-2-1-3-6(4-5)9-8;1-2/h1-4H,8H2;1-2H3. The molecule has 1 aromatic rings. The van der Waals surface area contributed by atoms with Gasteiger partial charge in [-0.05, 0) is 30.1 Å². The molecule has 0 aliphatic rings. The van der Waals surface area contributed by atoms with Crippen LogP contribution in [-0.4, -0.2) is 0 Å². The van der Waals surface area contributed by atoms with Gasteiger partial charge in [-0.2, -0.15) is 0 Å². The van der Waals surface area contributed by atoms with Gasteiger partial charge in [0.1, 0.15) is 0 Å². The molecular formula is C8H12BrNS. The third kappa shape index (κ3) is 4.45. The van der Waals surface area contributed by atoms with Crippen molar-refractivity contribution in [3.8, 4) is 0 Å². The van der Waals surface area contributed by atoms with Crippen molar-refractivity contribution in [1.29, 1.82) is 0 Å². The third-order valence-electron chi connectivity index (χ3n) is 0.932. The lowest BCUT2D eigenvalue weighted by Crippen LogP contribution is -1.77. The molecule has 1 rings (SSSR count). The first-order chi connectivity index (χ1) is 5.33. The van der Waals surface area contributed by atoms with E-state index in [1.54, 1.807) is 0 Å². The minimum Gasteiger partial charge on any atom is -0.274 e. The van der Waals surface area contributed by atoms with Gasteiger partial charge in [0.25, 0.3) is 0 Å². The van der Waals surface area contributed by atoms with Crippen LogP contribution in [0.1, 0.15) is 13.8 Å². The monoisotopic (exact) mass is 233 g/mol. The number of hydrogen-bond donors (Lipinski definition) is 1. The molecule has 0 atom stereocenters. The minimum absolute atomic E-state index is 1.07. The van der Waals surface area contributed by atoms with Gasteiger partial charge in [0.2, 0.25) is 0 Å². The maximum Gasteiger partial charge on any atom is 0.0237 e. The average molecular weight is 234 g/mol. The highest BCUT2D eigenvalue weighted by molar-refractivity contribution is 9.10. The summed E-state index contributed by atoms with van der Waals surface area (Å²) in [6.45, 7) is 4.00. The molecule has 0 unspecified atom stereocenters. The van der Waals surface area contributed by atoms with E-state index in [1.165, 1.54) is 11.9 Å². The van der Waals surface area contributed by atoms with E-state index in [2.05, 4.69) is 15.9 Å². The summed E-state index contributed by atoms with van der Waals surface area (Å²) < 4.78 is 1.07. The van der Waals surface area contributed by atoms with Gasteiger partial charge in [0, 0.05) is 9.37 Å². The quantitative estimate of drug-likeness (QED) is 0.753. The zero-order chi connectivity index (χ0) is 8.69. The summed E-state index contributed by atoms with van der Waals surface area (Å²) in [4.78, 5) is 1.07. The van der Waals surface area contributed by atoms with Gasteiger partial charge in [-0.25, -0.2) is 0 Å². The number of hydrogen-bond acceptors (Lipinski definition) is 2. The smallest absolute Gasteiger partial charge is 0.0237 e. The van der Waals surface area contributed by atoms with Gasteiger partial charge in [-0.1, -0.05) is 35.8 Å². The maximum absolute atomic E-state index is 5.31. The Kier molecular flexibility index (Phi) is 6.71. The number of nitrogens with two attached hydrogens (primary N) is 1. The Morgan fingerprint density at radius 3 is 2.36 bits per heavy atom. The Hall–Kier alpha value is 0.01000. The lowest BCUT2D eigenvalue weighted by molar-refractivity contribution is 1.43. The summed E-state index contributed by atoms with van der Waals surface area (Å²) in [7, 11) is 0. The van der Waals surface area contributed by atoms with Gasteiger partial charge in [-0.15, -0.1) is 0 Å². The molecule has 1 aromatic carbocycles. The van der Waals surface area contributed by atoms with E-state index >= 15 is 0 Å². The van der Waals surface area contributed by atoms with Crippen molar-refractivity contribution in [3.05, 3.63) is 28.7 Å². The van der Waals surface area contributed by atoms with E-state index in [9.17, 15) is 0 Å². The molecule has 0 aliphatic heterocycles. The van der Waals surface area contributed by atoms with Gasteiger partial charge in [0.05, 0.1) is 0 Å². The second kappa shape index (κ2) is 6.70. The first-order valence-corrected chi connectivity index (χ1v) is 5.12. The van der Waals surface area contributed by atoms with Crippen LogP contribution in [0, 0.1) is 0 Å². The van der Waals surface area contributed by atoms with E-state index in [0.29, 0.717) is 0 Å². The predicted molar refractivity (Wildman–Crippen MR) is 55.5 cm³/mol. The fraction of sp³-hybridized carbons (Fsp3) is 0.250. The van der Waals surface area contributed by atoms with Gasteiger partial charge in [0.15, 0.2) is 0 Å². The van der Waals surface area contributed by atoms with Crippen LogP contribution in [0.25, 0.3) is 0 Å². The number of benzene rings is 1. The lowest BCUT2D eigenvalue weighted by Gasteiger charge is -1.93. The largest absolute Gasteiger partial charge is 0.274 e. The molecule has 62 valence electrons. The molecule has 0 saturated heterocycles. The van der Waals surface area contributed by atoms with Crippen LogP contribution in [-0.2, 0) is 0 Å². The van der Waals surface area contributed by atoms with E-state index in [4.69, 9.17) is 5.14 Å². The van der Waals surface area contributed by atoms with Crippen molar-refractivity contribution in [1.82, 2.24) is 0 Å². The van der Waals surface area contributed by atoms with Crippen molar-refractivity contribution in [2.75, 3.05) is 0 Å². The van der Waals surface area contributed by atoms with Crippen LogP contribution in [0.5, 0.6) is 0 Å². The van der Waals surface area contributed by atoms with Crippen molar-refractivity contribution in [3.63, 3.8) is 0 Å². The molecule has 0 aromatic heterocycles. The lowest BCUT2D eigenvalue weighted by atomic mass is 10.4. The fourth-order valence-electron chi connectivity index (χ4n) is 0.540. The summed E-state index contributed by atoms with van der Waals surface area (Å²) >= 11 is 4.59. The van der Waals surface area contributed by atoms with E-state index in [-0.39, 0.29) is 0 Å². The molecule has 11 heavy (non-hydrogen) atoms. The molecular weight excluding hydrogens is 222 g/mol. The van der Waals surface area contributed by atoms with Crippen LogP contribution >= 0.6 is 27.9 Å². The molecule has 2 N–H and O–H groups in total. The first-order valence-electron chi connectivity index (χ1n) is 3.45. The average Bonchev–Trinajstić information content (AvgIpc) is 2.08. The Morgan fingerprint density at radius 1 is 1.36 bits per heavy atom. The van der Waals surface area contributed by atoms with Crippen LogP contribution in [0.3, 0.4) is 0 Å². The Balaban J connectivity index is 0.000000461. The van der Waals surface area contributed by atoms with Crippen molar-refractivity contribution in [2.45, 2.75) is 18.7 Å². The van der Waals surface area contributed by atoms with E-state index < -0.39 is 0 Å². The minimum atomic E-state index is 1.07. The zero-order valence-electron chi connectivity index (χ0n) is 6.67. The molecule has 1 nitrogen and oxygen atoms in total. The van der Waals surface area contributed by atoms with Gasteiger partial charge >= 0.3 is 0 Å². The van der Waals surface area contributed by atoms with Crippen LogP contribution in [0.15, 0.2) is 33.6 Å². The Bertz CT molecular complexity index is 203. The molecule has 0 aliphatic carbocycles. The normalized spacial score (nSPS) is 8.36. The highest BCUT2D eigenvalue weighted by Crippen LogP contribution is 2.16. The van der Waals surface area contributed by atoms with Crippen molar-refractivity contribution < 1.29 is 0 Å². The Morgan fingerprint density at radius 2 is 2.00 bits per heavy atom. The predicted octanol–water partition coefficient (Wildman–Crippen LogP) is 3.44. The van der Waals surface area contributed by atoms with Crippen LogP contribution in [0.2, 0.25) is 0 Å². The summed E-state index contributed by atoms with van der Waals surface area (Å²) in [5.74, 6) is 0. The molecule has 0 heterocycles. The highest BCUT2D eigenvalue weighted by Gasteiger charge is 1.88. The molecule has 0 spiro atoms. The summed E-state index contributed by atoms with van der Waals surface area (Å²) in [5.41, 5.74) is 0. The van der Waals surface area contributed by atoms with E-state index in [1.807, 2.05) is 38.1 Å². The van der Waals surface area contributed by atoms with Crippen LogP contribution in [0.4, 0.5) is 0 Å². The molecule has 0 saturated carbocycles. The van der Waals surface area contributed by atoms with Gasteiger partial charge in [-0.3, -0.25) is 5.14 Å². The molecule has 3 heteroatoms. The van der Waals surface area contributed by atoms with Gasteiger partial charge < -0.3 is 0 Å². The molecule has 0 bridgehead atoms. The van der Waals surface area contributed by atoms with Crippen molar-refractivity contribution in [2.24, 2.45) is 5.14 Å². The Labute approximate surface area is 80.6 Å². The number of halogens is 1. The second-order valence-corrected chi connectivity index (χ2v) is 3.20. The SMILES string of the molecule is CC.NSc1cccc(Br)c1. The van der Waals surface area contributed by atoms with Crippen LogP contribution < -0.4 is 5.14 Å². The fourth-order valence-corrected chi connectivity index (χ4v) is 1.44. The van der Waals surface area contributed by atoms with E-state index in [0.717, 1.165) is 9.37 Å². The number of rotatable bonds is 1. The second-order valence-electron chi connectivity index (χ2n) is 1.58. The molecule has 0 fully saturated rings. The summed E-state index contributed by atoms with van der Waals surface area (Å²) in [6.07, 6.45) is 0. The topological polar surface area (TPSA) is 26.0 Å².